The topological polar surface area (TPSA) is 33.1 Å². The molecule has 2 heterocycles. The summed E-state index contributed by atoms with van der Waals surface area (Å²) in [5.74, 6) is -0.205. The molecule has 0 bridgehead atoms. The summed E-state index contributed by atoms with van der Waals surface area (Å²) in [4.78, 5) is 7.21. The van der Waals surface area contributed by atoms with Crippen LogP contribution in [0.5, 0.6) is 0 Å². The fourth-order valence-electron chi connectivity index (χ4n) is 4.47. The number of rotatable bonds is 11. The predicted octanol–water partition coefficient (Wildman–Crippen LogP) is 6.01. The SMILES string of the molecule is CCN(CC)CCCCNCc1nccc2c3ccccc3n(Cc3ccc(F)cc3)c12.Cl. The first-order valence-corrected chi connectivity index (χ1v) is 11.7. The molecule has 0 aliphatic carbocycles. The van der Waals surface area contributed by atoms with E-state index in [2.05, 4.69) is 59.0 Å². The molecule has 0 saturated heterocycles. The highest BCUT2D eigenvalue weighted by Gasteiger charge is 2.15. The van der Waals surface area contributed by atoms with Crippen LogP contribution >= 0.6 is 12.4 Å². The molecule has 0 radical (unpaired) electrons. The zero-order chi connectivity index (χ0) is 22.3. The number of nitrogens with zero attached hydrogens (tertiary/aromatic N) is 3. The van der Waals surface area contributed by atoms with Gasteiger partial charge in [0.1, 0.15) is 5.82 Å². The van der Waals surface area contributed by atoms with E-state index in [-0.39, 0.29) is 18.2 Å². The molecule has 4 nitrogen and oxygen atoms in total. The summed E-state index contributed by atoms with van der Waals surface area (Å²) in [5, 5.41) is 6.05. The summed E-state index contributed by atoms with van der Waals surface area (Å²) < 4.78 is 15.7. The number of halogens is 2. The smallest absolute Gasteiger partial charge is 0.123 e. The standard InChI is InChI=1S/C27H33FN4.ClH/c1-3-31(4-2)18-8-7-16-29-19-25-27-24(15-17-30-25)23-9-5-6-10-26(23)32(27)20-21-11-13-22(28)14-12-21;/h5-6,9-15,17,29H,3-4,7-8,16,18-20H2,1-2H3;1H. The molecule has 0 aliphatic heterocycles. The summed E-state index contributed by atoms with van der Waals surface area (Å²) in [5.41, 5.74) is 4.48. The van der Waals surface area contributed by atoms with Crippen LogP contribution in [0.4, 0.5) is 4.39 Å². The highest BCUT2D eigenvalue weighted by atomic mass is 35.5. The molecule has 33 heavy (non-hydrogen) atoms. The Kier molecular flexibility index (Phi) is 9.24. The van der Waals surface area contributed by atoms with Crippen LogP contribution in [-0.2, 0) is 13.1 Å². The Hall–Kier alpha value is -2.47. The first-order valence-electron chi connectivity index (χ1n) is 11.7. The van der Waals surface area contributed by atoms with Crippen LogP contribution in [0.15, 0.2) is 60.8 Å². The second kappa shape index (κ2) is 12.1. The summed E-state index contributed by atoms with van der Waals surface area (Å²) in [6.45, 7) is 10.3. The second-order valence-electron chi connectivity index (χ2n) is 8.29. The maximum absolute atomic E-state index is 13.4. The van der Waals surface area contributed by atoms with Gasteiger partial charge in [-0.15, -0.1) is 12.4 Å². The lowest BCUT2D eigenvalue weighted by Gasteiger charge is -2.17. The van der Waals surface area contributed by atoms with Gasteiger partial charge in [-0.05, 0) is 68.8 Å². The molecular weight excluding hydrogens is 435 g/mol. The fraction of sp³-hybridized carbons (Fsp3) is 0.370. The number of nitrogens with one attached hydrogen (secondary N) is 1. The van der Waals surface area contributed by atoms with Crippen molar-refractivity contribution in [2.24, 2.45) is 0 Å². The van der Waals surface area contributed by atoms with E-state index in [1.807, 2.05) is 18.3 Å². The predicted molar refractivity (Wildman–Crippen MR) is 139 cm³/mol. The molecule has 6 heteroatoms. The Labute approximate surface area is 202 Å². The number of hydrogen-bond donors (Lipinski definition) is 1. The largest absolute Gasteiger partial charge is 0.334 e. The van der Waals surface area contributed by atoms with Gasteiger partial charge < -0.3 is 14.8 Å². The van der Waals surface area contributed by atoms with Gasteiger partial charge in [0, 0.05) is 35.6 Å². The van der Waals surface area contributed by atoms with E-state index in [1.165, 1.54) is 34.8 Å². The first-order chi connectivity index (χ1) is 15.7. The Morgan fingerprint density at radius 2 is 1.70 bits per heavy atom. The van der Waals surface area contributed by atoms with Crippen LogP contribution in [0.25, 0.3) is 21.8 Å². The minimum absolute atomic E-state index is 0. The van der Waals surface area contributed by atoms with Crippen molar-refractivity contribution in [3.63, 3.8) is 0 Å². The van der Waals surface area contributed by atoms with E-state index in [9.17, 15) is 4.39 Å². The first kappa shape index (κ1) is 25.2. The van der Waals surface area contributed by atoms with E-state index >= 15 is 0 Å². The van der Waals surface area contributed by atoms with Crippen molar-refractivity contribution in [3.8, 4) is 0 Å². The van der Waals surface area contributed by atoms with E-state index in [0.29, 0.717) is 6.54 Å². The highest BCUT2D eigenvalue weighted by Crippen LogP contribution is 2.31. The lowest BCUT2D eigenvalue weighted by Crippen LogP contribution is -2.25. The van der Waals surface area contributed by atoms with Gasteiger partial charge in [0.2, 0.25) is 0 Å². The lowest BCUT2D eigenvalue weighted by atomic mass is 10.1. The van der Waals surface area contributed by atoms with E-state index in [0.717, 1.165) is 55.9 Å². The minimum atomic E-state index is -0.205. The van der Waals surface area contributed by atoms with Crippen molar-refractivity contribution in [2.75, 3.05) is 26.2 Å². The van der Waals surface area contributed by atoms with Gasteiger partial charge in [-0.1, -0.05) is 44.2 Å². The second-order valence-corrected chi connectivity index (χ2v) is 8.29. The molecule has 4 aromatic rings. The van der Waals surface area contributed by atoms with Crippen molar-refractivity contribution in [3.05, 3.63) is 77.9 Å². The molecule has 4 rings (SSSR count). The zero-order valence-electron chi connectivity index (χ0n) is 19.6. The molecule has 0 aliphatic rings. The maximum atomic E-state index is 13.4. The van der Waals surface area contributed by atoms with Gasteiger partial charge in [0.15, 0.2) is 0 Å². The average Bonchev–Trinajstić information content (AvgIpc) is 3.14. The molecular formula is C27H34ClFN4. The van der Waals surface area contributed by atoms with Gasteiger partial charge in [0.05, 0.1) is 11.2 Å². The molecule has 0 amide bonds. The molecule has 0 saturated carbocycles. The summed E-state index contributed by atoms with van der Waals surface area (Å²) in [6, 6.07) is 17.4. The molecule has 0 fully saturated rings. The Morgan fingerprint density at radius 3 is 2.45 bits per heavy atom. The van der Waals surface area contributed by atoms with Gasteiger partial charge >= 0.3 is 0 Å². The normalized spacial score (nSPS) is 11.4. The Balaban J connectivity index is 0.00000306. The van der Waals surface area contributed by atoms with Crippen LogP contribution < -0.4 is 5.32 Å². The van der Waals surface area contributed by atoms with Crippen LogP contribution in [0.1, 0.15) is 37.9 Å². The van der Waals surface area contributed by atoms with Crippen LogP contribution in [0.2, 0.25) is 0 Å². The Bertz CT molecular complexity index is 1150. The van der Waals surface area contributed by atoms with Crippen molar-refractivity contribution < 1.29 is 4.39 Å². The van der Waals surface area contributed by atoms with Gasteiger partial charge in [-0.25, -0.2) is 4.39 Å². The summed E-state index contributed by atoms with van der Waals surface area (Å²) >= 11 is 0. The number of aromatic nitrogens is 2. The number of hydrogen-bond acceptors (Lipinski definition) is 3. The molecule has 176 valence electrons. The van der Waals surface area contributed by atoms with Crippen molar-refractivity contribution in [1.82, 2.24) is 19.8 Å². The Morgan fingerprint density at radius 1 is 0.939 bits per heavy atom. The van der Waals surface area contributed by atoms with Crippen LogP contribution in [0.3, 0.4) is 0 Å². The number of para-hydroxylation sites is 1. The van der Waals surface area contributed by atoms with Gasteiger partial charge in [-0.2, -0.15) is 0 Å². The van der Waals surface area contributed by atoms with E-state index in [4.69, 9.17) is 4.98 Å². The lowest BCUT2D eigenvalue weighted by molar-refractivity contribution is 0.296. The number of fused-ring (bicyclic) bond motifs is 3. The molecule has 0 unspecified atom stereocenters. The third-order valence-electron chi connectivity index (χ3n) is 6.27. The van der Waals surface area contributed by atoms with Crippen molar-refractivity contribution >= 4 is 34.2 Å². The quantitative estimate of drug-likeness (QED) is 0.273. The summed E-state index contributed by atoms with van der Waals surface area (Å²) in [7, 11) is 0. The fourth-order valence-corrected chi connectivity index (χ4v) is 4.47. The molecule has 2 aromatic carbocycles. The number of pyridine rings is 1. The van der Waals surface area contributed by atoms with Crippen LogP contribution in [-0.4, -0.2) is 40.6 Å². The minimum Gasteiger partial charge on any atom is -0.334 e. The third-order valence-corrected chi connectivity index (χ3v) is 6.27. The number of benzene rings is 2. The maximum Gasteiger partial charge on any atom is 0.123 e. The molecule has 0 atom stereocenters. The molecule has 0 spiro atoms. The average molecular weight is 469 g/mol. The van der Waals surface area contributed by atoms with Gasteiger partial charge in [-0.3, -0.25) is 4.98 Å². The van der Waals surface area contributed by atoms with Crippen molar-refractivity contribution in [2.45, 2.75) is 39.8 Å². The number of unbranched alkanes of at least 4 members (excludes halogenated alkanes) is 1. The highest BCUT2D eigenvalue weighted by molar-refractivity contribution is 6.08. The van der Waals surface area contributed by atoms with E-state index in [1.54, 1.807) is 0 Å². The van der Waals surface area contributed by atoms with Crippen molar-refractivity contribution in [1.29, 1.82) is 0 Å². The van der Waals surface area contributed by atoms with Crippen LogP contribution in [0, 0.1) is 5.82 Å². The molecule has 2 aromatic heterocycles. The van der Waals surface area contributed by atoms with Gasteiger partial charge in [0.25, 0.3) is 0 Å². The van der Waals surface area contributed by atoms with E-state index < -0.39 is 0 Å². The third kappa shape index (κ3) is 5.91. The monoisotopic (exact) mass is 468 g/mol. The zero-order valence-corrected chi connectivity index (χ0v) is 20.4. The summed E-state index contributed by atoms with van der Waals surface area (Å²) in [6.07, 6.45) is 4.27. The molecule has 1 N–H and O–H groups in total.